The monoisotopic (exact) mass is 255 g/mol. The molecule has 0 aliphatic carbocycles. The van der Waals surface area contributed by atoms with E-state index in [1.54, 1.807) is 0 Å². The van der Waals surface area contributed by atoms with Crippen LogP contribution in [0.5, 0.6) is 0 Å². The van der Waals surface area contributed by atoms with Crippen molar-refractivity contribution in [3.8, 4) is 0 Å². The number of carbonyl (C=O) groups is 1. The average molecular weight is 255 g/mol. The van der Waals surface area contributed by atoms with Gasteiger partial charge in [0, 0.05) is 19.1 Å². The molecule has 0 aromatic rings. The van der Waals surface area contributed by atoms with Gasteiger partial charge in [-0.1, -0.05) is 13.8 Å². The summed E-state index contributed by atoms with van der Waals surface area (Å²) < 4.78 is 0. The van der Waals surface area contributed by atoms with E-state index in [9.17, 15) is 4.79 Å². The van der Waals surface area contributed by atoms with E-state index in [1.165, 1.54) is 6.42 Å². The van der Waals surface area contributed by atoms with E-state index in [0.29, 0.717) is 5.92 Å². The van der Waals surface area contributed by atoms with Gasteiger partial charge in [0.1, 0.15) is 0 Å². The molecule has 1 heterocycles. The van der Waals surface area contributed by atoms with Crippen molar-refractivity contribution in [2.24, 2.45) is 17.6 Å². The fraction of sp³-hybridized carbons (Fsp3) is 0.929. The first-order valence-corrected chi connectivity index (χ1v) is 7.07. The molecule has 0 aromatic carbocycles. The number of amides is 1. The summed E-state index contributed by atoms with van der Waals surface area (Å²) in [5, 5.41) is 0. The van der Waals surface area contributed by atoms with Crippen molar-refractivity contribution in [3.05, 3.63) is 0 Å². The lowest BCUT2D eigenvalue weighted by Gasteiger charge is -2.32. The number of rotatable bonds is 5. The van der Waals surface area contributed by atoms with Crippen molar-refractivity contribution in [2.45, 2.75) is 46.2 Å². The van der Waals surface area contributed by atoms with E-state index in [-0.39, 0.29) is 23.9 Å². The van der Waals surface area contributed by atoms with Crippen LogP contribution in [0.25, 0.3) is 0 Å². The Morgan fingerprint density at radius 3 is 2.39 bits per heavy atom. The van der Waals surface area contributed by atoms with Gasteiger partial charge >= 0.3 is 0 Å². The predicted octanol–water partition coefficient (Wildman–Crippen LogP) is 1.16. The van der Waals surface area contributed by atoms with Gasteiger partial charge in [-0.05, 0) is 45.7 Å². The van der Waals surface area contributed by atoms with Crippen LogP contribution in [0.1, 0.15) is 34.1 Å². The second-order valence-electron chi connectivity index (χ2n) is 6.27. The molecule has 0 unspecified atom stereocenters. The third-order valence-corrected chi connectivity index (χ3v) is 3.85. The highest BCUT2D eigenvalue weighted by atomic mass is 16.2. The lowest BCUT2D eigenvalue weighted by atomic mass is 10.0. The van der Waals surface area contributed by atoms with Crippen LogP contribution >= 0.6 is 0 Å². The van der Waals surface area contributed by atoms with Crippen molar-refractivity contribution < 1.29 is 4.79 Å². The van der Waals surface area contributed by atoms with Crippen molar-refractivity contribution in [2.75, 3.05) is 26.7 Å². The van der Waals surface area contributed by atoms with E-state index in [0.717, 1.165) is 19.6 Å². The smallest absolute Gasteiger partial charge is 0.239 e. The zero-order chi connectivity index (χ0) is 13.9. The van der Waals surface area contributed by atoms with E-state index in [1.807, 2.05) is 18.7 Å². The molecule has 0 saturated carbocycles. The van der Waals surface area contributed by atoms with Crippen LogP contribution in [0.3, 0.4) is 0 Å². The van der Waals surface area contributed by atoms with Gasteiger partial charge in [-0.25, -0.2) is 0 Å². The molecule has 0 aromatic heterocycles. The quantitative estimate of drug-likeness (QED) is 0.802. The zero-order valence-electron chi connectivity index (χ0n) is 12.5. The summed E-state index contributed by atoms with van der Waals surface area (Å²) in [6.07, 6.45) is 1.18. The van der Waals surface area contributed by atoms with Crippen LogP contribution in [0, 0.1) is 11.8 Å². The fourth-order valence-corrected chi connectivity index (χ4v) is 2.49. The SMILES string of the molecule is CC(C)[C@H](N)C(=O)N(C[C@@H]1CCN(C)C1)C(C)C. The molecular weight excluding hydrogens is 226 g/mol. The minimum Gasteiger partial charge on any atom is -0.339 e. The van der Waals surface area contributed by atoms with E-state index < -0.39 is 0 Å². The van der Waals surface area contributed by atoms with Gasteiger partial charge in [0.15, 0.2) is 0 Å². The van der Waals surface area contributed by atoms with Gasteiger partial charge < -0.3 is 15.5 Å². The minimum absolute atomic E-state index is 0.106. The van der Waals surface area contributed by atoms with Gasteiger partial charge in [-0.15, -0.1) is 0 Å². The first-order chi connectivity index (χ1) is 8.32. The summed E-state index contributed by atoms with van der Waals surface area (Å²) in [5.41, 5.74) is 6.00. The zero-order valence-corrected chi connectivity index (χ0v) is 12.5. The van der Waals surface area contributed by atoms with Gasteiger partial charge in [0.05, 0.1) is 6.04 Å². The molecule has 18 heavy (non-hydrogen) atoms. The van der Waals surface area contributed by atoms with Crippen LogP contribution in [0.4, 0.5) is 0 Å². The maximum atomic E-state index is 12.4. The summed E-state index contributed by atoms with van der Waals surface area (Å²) >= 11 is 0. The minimum atomic E-state index is -0.369. The third kappa shape index (κ3) is 3.95. The molecule has 1 aliphatic rings. The Balaban J connectivity index is 2.62. The normalized spacial score (nSPS) is 22.8. The highest BCUT2D eigenvalue weighted by Gasteiger charge is 2.29. The third-order valence-electron chi connectivity index (χ3n) is 3.85. The Kier molecular flexibility index (Phi) is 5.60. The highest BCUT2D eigenvalue weighted by Crippen LogP contribution is 2.18. The van der Waals surface area contributed by atoms with E-state index in [2.05, 4.69) is 25.8 Å². The Hall–Kier alpha value is -0.610. The largest absolute Gasteiger partial charge is 0.339 e. The van der Waals surface area contributed by atoms with Crippen LogP contribution in [0.2, 0.25) is 0 Å². The molecule has 106 valence electrons. The van der Waals surface area contributed by atoms with Crippen molar-refractivity contribution in [1.29, 1.82) is 0 Å². The summed E-state index contributed by atoms with van der Waals surface area (Å²) in [6.45, 7) is 11.2. The molecule has 4 heteroatoms. The molecule has 2 N–H and O–H groups in total. The number of likely N-dealkylation sites (tertiary alicyclic amines) is 1. The highest BCUT2D eigenvalue weighted by molar-refractivity contribution is 5.82. The standard InChI is InChI=1S/C14H29N3O/c1-10(2)13(15)14(18)17(11(3)4)9-12-6-7-16(5)8-12/h10-13H,6-9,15H2,1-5H3/t12-,13+/m1/s1. The molecule has 0 bridgehead atoms. The molecule has 1 amide bonds. The fourth-order valence-electron chi connectivity index (χ4n) is 2.49. The first kappa shape index (κ1) is 15.4. The molecule has 0 radical (unpaired) electrons. The molecule has 1 saturated heterocycles. The molecule has 1 fully saturated rings. The molecule has 2 atom stereocenters. The van der Waals surface area contributed by atoms with Crippen molar-refractivity contribution in [3.63, 3.8) is 0 Å². The summed E-state index contributed by atoms with van der Waals surface area (Å²) in [6, 6.07) is -0.139. The van der Waals surface area contributed by atoms with Crippen molar-refractivity contribution in [1.82, 2.24) is 9.80 Å². The second-order valence-corrected chi connectivity index (χ2v) is 6.27. The van der Waals surface area contributed by atoms with Crippen LogP contribution in [-0.2, 0) is 4.79 Å². The molecular formula is C14H29N3O. The number of hydrogen-bond acceptors (Lipinski definition) is 3. The Morgan fingerprint density at radius 2 is 2.00 bits per heavy atom. The molecule has 1 rings (SSSR count). The summed E-state index contributed by atoms with van der Waals surface area (Å²) in [7, 11) is 2.14. The van der Waals surface area contributed by atoms with Gasteiger partial charge in [-0.2, -0.15) is 0 Å². The Bertz CT molecular complexity index is 278. The molecule has 4 nitrogen and oxygen atoms in total. The molecule has 1 aliphatic heterocycles. The maximum absolute atomic E-state index is 12.4. The number of hydrogen-bond donors (Lipinski definition) is 1. The van der Waals surface area contributed by atoms with Gasteiger partial charge in [0.25, 0.3) is 0 Å². The maximum Gasteiger partial charge on any atom is 0.239 e. The Labute approximate surface area is 111 Å². The van der Waals surface area contributed by atoms with E-state index in [4.69, 9.17) is 5.73 Å². The second kappa shape index (κ2) is 6.53. The number of carbonyl (C=O) groups excluding carboxylic acids is 1. The van der Waals surface area contributed by atoms with Gasteiger partial charge in [0.2, 0.25) is 5.91 Å². The summed E-state index contributed by atoms with van der Waals surface area (Å²) in [5.74, 6) is 0.903. The lowest BCUT2D eigenvalue weighted by molar-refractivity contribution is -0.136. The number of nitrogens with zero attached hydrogens (tertiary/aromatic N) is 2. The summed E-state index contributed by atoms with van der Waals surface area (Å²) in [4.78, 5) is 16.7. The first-order valence-electron chi connectivity index (χ1n) is 7.07. The number of nitrogens with two attached hydrogens (primary N) is 1. The van der Waals surface area contributed by atoms with Gasteiger partial charge in [-0.3, -0.25) is 4.79 Å². The van der Waals surface area contributed by atoms with Crippen LogP contribution < -0.4 is 5.73 Å². The predicted molar refractivity (Wildman–Crippen MR) is 75.3 cm³/mol. The van der Waals surface area contributed by atoms with Crippen LogP contribution in [-0.4, -0.2) is 54.5 Å². The van der Waals surface area contributed by atoms with E-state index >= 15 is 0 Å². The topological polar surface area (TPSA) is 49.6 Å². The lowest BCUT2D eigenvalue weighted by Crippen LogP contribution is -2.50. The average Bonchev–Trinajstić information content (AvgIpc) is 2.69. The molecule has 0 spiro atoms. The van der Waals surface area contributed by atoms with Crippen LogP contribution in [0.15, 0.2) is 0 Å². The van der Waals surface area contributed by atoms with Crippen molar-refractivity contribution >= 4 is 5.91 Å². The Morgan fingerprint density at radius 1 is 1.39 bits per heavy atom.